The largest absolute Gasteiger partial charge is 0.424 e. The van der Waals surface area contributed by atoms with Crippen molar-refractivity contribution in [1.82, 2.24) is 0 Å². The van der Waals surface area contributed by atoms with Crippen LogP contribution in [0.3, 0.4) is 0 Å². The van der Waals surface area contributed by atoms with E-state index < -0.39 is 0 Å². The summed E-state index contributed by atoms with van der Waals surface area (Å²) in [5.41, 5.74) is 9.12. The lowest BCUT2D eigenvalue weighted by Crippen LogP contribution is -2.24. The summed E-state index contributed by atoms with van der Waals surface area (Å²) < 4.78 is 5.78. The van der Waals surface area contributed by atoms with Crippen LogP contribution in [0, 0.1) is 0 Å². The fourth-order valence-corrected chi connectivity index (χ4v) is 1.95. The minimum Gasteiger partial charge on any atom is -0.424 e. The van der Waals surface area contributed by atoms with Gasteiger partial charge in [0.1, 0.15) is 0 Å². The molecule has 1 aromatic rings. The van der Waals surface area contributed by atoms with E-state index in [1.165, 1.54) is 11.0 Å². The van der Waals surface area contributed by atoms with Gasteiger partial charge in [0, 0.05) is 5.69 Å². The van der Waals surface area contributed by atoms with Crippen molar-refractivity contribution in [3.8, 4) is 0 Å². The molecular weight excluding hydrogens is 161 g/mol. The van der Waals surface area contributed by atoms with Gasteiger partial charge in [-0.15, -0.1) is 0 Å². The van der Waals surface area contributed by atoms with Crippen LogP contribution in [-0.4, -0.2) is 6.92 Å². The van der Waals surface area contributed by atoms with Crippen molar-refractivity contribution in [2.24, 2.45) is 0 Å². The van der Waals surface area contributed by atoms with Crippen LogP contribution in [-0.2, 0) is 4.65 Å². The zero-order chi connectivity index (χ0) is 9.42. The molecule has 13 heavy (non-hydrogen) atoms. The normalized spacial score (nSPS) is 20.5. The lowest BCUT2D eigenvalue weighted by Gasteiger charge is -2.08. The SMILES string of the molecule is CCC1OB(C)c2cc(N)ccc21. The van der Waals surface area contributed by atoms with Crippen molar-refractivity contribution in [1.29, 1.82) is 0 Å². The molecule has 2 nitrogen and oxygen atoms in total. The number of nitrogens with two attached hydrogens (primary N) is 1. The standard InChI is InChI=1S/C10H14BNO/c1-3-10-8-5-4-7(12)6-9(8)11(2)13-10/h4-6,10H,3,12H2,1-2H3. The van der Waals surface area contributed by atoms with Crippen LogP contribution >= 0.6 is 0 Å². The van der Waals surface area contributed by atoms with Crippen molar-refractivity contribution in [3.05, 3.63) is 23.8 Å². The summed E-state index contributed by atoms with van der Waals surface area (Å²) in [5, 5.41) is 0. The Morgan fingerprint density at radius 2 is 2.31 bits per heavy atom. The Bertz CT molecular complexity index is 327. The molecule has 0 saturated carbocycles. The van der Waals surface area contributed by atoms with Gasteiger partial charge in [-0.2, -0.15) is 0 Å². The Kier molecular flexibility index (Phi) is 2.04. The highest BCUT2D eigenvalue weighted by molar-refractivity contribution is 6.67. The second-order valence-electron chi connectivity index (χ2n) is 3.56. The quantitative estimate of drug-likeness (QED) is 0.519. The van der Waals surface area contributed by atoms with Gasteiger partial charge in [0.05, 0.1) is 6.10 Å². The van der Waals surface area contributed by atoms with Gasteiger partial charge < -0.3 is 10.4 Å². The molecule has 0 radical (unpaired) electrons. The van der Waals surface area contributed by atoms with Crippen molar-refractivity contribution < 1.29 is 4.65 Å². The van der Waals surface area contributed by atoms with Gasteiger partial charge in [-0.25, -0.2) is 0 Å². The van der Waals surface area contributed by atoms with Gasteiger partial charge in [0.2, 0.25) is 0 Å². The predicted octanol–water partition coefficient (Wildman–Crippen LogP) is 1.58. The van der Waals surface area contributed by atoms with Crippen LogP contribution < -0.4 is 11.2 Å². The molecule has 0 saturated heterocycles. The van der Waals surface area contributed by atoms with E-state index in [2.05, 4.69) is 19.8 Å². The summed E-state index contributed by atoms with van der Waals surface area (Å²) in [6.45, 7) is 4.42. The highest BCUT2D eigenvalue weighted by Crippen LogP contribution is 2.27. The summed E-state index contributed by atoms with van der Waals surface area (Å²) in [4.78, 5) is 0. The minimum atomic E-state index is 0.198. The van der Waals surface area contributed by atoms with Crippen molar-refractivity contribution in [2.75, 3.05) is 5.73 Å². The first-order valence-corrected chi connectivity index (χ1v) is 4.77. The molecule has 1 unspecified atom stereocenters. The second-order valence-corrected chi connectivity index (χ2v) is 3.56. The van der Waals surface area contributed by atoms with Crippen LogP contribution in [0.2, 0.25) is 6.82 Å². The summed E-state index contributed by atoms with van der Waals surface area (Å²) in [6.07, 6.45) is 1.30. The average Bonchev–Trinajstić information content (AvgIpc) is 2.43. The van der Waals surface area contributed by atoms with E-state index in [0.717, 1.165) is 12.1 Å². The maximum absolute atomic E-state index is 5.78. The minimum absolute atomic E-state index is 0.198. The van der Waals surface area contributed by atoms with Gasteiger partial charge in [0.15, 0.2) is 0 Å². The number of rotatable bonds is 1. The van der Waals surface area contributed by atoms with Crippen LogP contribution in [0.1, 0.15) is 25.0 Å². The Labute approximate surface area is 79.2 Å². The molecule has 0 bridgehead atoms. The lowest BCUT2D eigenvalue weighted by molar-refractivity contribution is 0.221. The number of nitrogen functional groups attached to an aromatic ring is 1. The first-order valence-electron chi connectivity index (χ1n) is 4.77. The zero-order valence-electron chi connectivity index (χ0n) is 8.08. The zero-order valence-corrected chi connectivity index (χ0v) is 8.08. The molecule has 1 aliphatic heterocycles. The molecule has 0 spiro atoms. The van der Waals surface area contributed by atoms with Gasteiger partial charge in [-0.05, 0) is 29.6 Å². The van der Waals surface area contributed by atoms with E-state index in [1.54, 1.807) is 0 Å². The third-order valence-corrected chi connectivity index (χ3v) is 2.63. The molecule has 2 rings (SSSR count). The van der Waals surface area contributed by atoms with Crippen LogP contribution in [0.25, 0.3) is 0 Å². The van der Waals surface area contributed by atoms with Gasteiger partial charge >= 0.3 is 6.92 Å². The Morgan fingerprint density at radius 3 is 3.00 bits per heavy atom. The molecule has 1 heterocycles. The lowest BCUT2D eigenvalue weighted by atomic mass is 9.64. The molecular formula is C10H14BNO. The van der Waals surface area contributed by atoms with Crippen LogP contribution in [0.15, 0.2) is 18.2 Å². The van der Waals surface area contributed by atoms with E-state index in [1.807, 2.05) is 12.1 Å². The number of fused-ring (bicyclic) bond motifs is 1. The fraction of sp³-hybridized carbons (Fsp3) is 0.400. The molecule has 68 valence electrons. The smallest absolute Gasteiger partial charge is 0.324 e. The van der Waals surface area contributed by atoms with Crippen molar-refractivity contribution >= 4 is 18.1 Å². The molecule has 3 heteroatoms. The number of hydrogen-bond donors (Lipinski definition) is 1. The molecule has 0 fully saturated rings. The molecule has 2 N–H and O–H groups in total. The second kappa shape index (κ2) is 3.07. The topological polar surface area (TPSA) is 35.2 Å². The monoisotopic (exact) mass is 175 g/mol. The summed E-state index contributed by atoms with van der Waals surface area (Å²) in [6, 6.07) is 6.06. The van der Waals surface area contributed by atoms with E-state index in [0.29, 0.717) is 0 Å². The van der Waals surface area contributed by atoms with E-state index in [4.69, 9.17) is 10.4 Å². The highest BCUT2D eigenvalue weighted by atomic mass is 16.5. The molecule has 1 aromatic carbocycles. The van der Waals surface area contributed by atoms with Crippen molar-refractivity contribution in [2.45, 2.75) is 26.3 Å². The summed E-state index contributed by atoms with van der Waals surface area (Å²) in [5.74, 6) is 0. The average molecular weight is 175 g/mol. The first kappa shape index (κ1) is 8.63. The molecule has 1 atom stereocenters. The summed E-state index contributed by atoms with van der Waals surface area (Å²) in [7, 11) is 0. The summed E-state index contributed by atoms with van der Waals surface area (Å²) >= 11 is 0. The maximum atomic E-state index is 5.78. The van der Waals surface area contributed by atoms with Gasteiger partial charge in [-0.3, -0.25) is 0 Å². The predicted molar refractivity (Wildman–Crippen MR) is 56.2 cm³/mol. The van der Waals surface area contributed by atoms with Crippen LogP contribution in [0.4, 0.5) is 5.69 Å². The Balaban J connectivity index is 2.46. The number of benzene rings is 1. The molecule has 0 amide bonds. The highest BCUT2D eigenvalue weighted by Gasteiger charge is 2.30. The molecule has 0 aliphatic carbocycles. The van der Waals surface area contributed by atoms with E-state index in [-0.39, 0.29) is 13.0 Å². The number of anilines is 1. The van der Waals surface area contributed by atoms with E-state index in [9.17, 15) is 0 Å². The van der Waals surface area contributed by atoms with Gasteiger partial charge in [-0.1, -0.05) is 19.8 Å². The molecule has 0 aromatic heterocycles. The Morgan fingerprint density at radius 1 is 1.54 bits per heavy atom. The third-order valence-electron chi connectivity index (χ3n) is 2.63. The molecule has 1 aliphatic rings. The third kappa shape index (κ3) is 1.33. The van der Waals surface area contributed by atoms with E-state index >= 15 is 0 Å². The maximum Gasteiger partial charge on any atom is 0.324 e. The van der Waals surface area contributed by atoms with Gasteiger partial charge in [0.25, 0.3) is 0 Å². The number of hydrogen-bond acceptors (Lipinski definition) is 2. The Hall–Kier alpha value is -0.955. The fourth-order valence-electron chi connectivity index (χ4n) is 1.95. The van der Waals surface area contributed by atoms with Crippen molar-refractivity contribution in [3.63, 3.8) is 0 Å². The van der Waals surface area contributed by atoms with Crippen LogP contribution in [0.5, 0.6) is 0 Å². The first-order chi connectivity index (χ1) is 6.22.